The Morgan fingerprint density at radius 1 is 1.59 bits per heavy atom. The summed E-state index contributed by atoms with van der Waals surface area (Å²) in [6.07, 6.45) is 1.46. The third kappa shape index (κ3) is 5.50. The molecule has 0 saturated carbocycles. The summed E-state index contributed by atoms with van der Waals surface area (Å²) in [6.45, 7) is 0. The van der Waals surface area contributed by atoms with Gasteiger partial charge in [-0.2, -0.15) is 5.10 Å². The molecular weight excluding hydrogens is 289 g/mol. The van der Waals surface area contributed by atoms with Crippen LogP contribution in [-0.4, -0.2) is 29.0 Å². The maximum absolute atomic E-state index is 7.72. The molecule has 0 unspecified atom stereocenters. The molecule has 0 bridgehead atoms. The predicted octanol–water partition coefficient (Wildman–Crippen LogP) is 0.121. The summed E-state index contributed by atoms with van der Waals surface area (Å²) < 4.78 is 4.99. The summed E-state index contributed by atoms with van der Waals surface area (Å²) in [6, 6.07) is 5.23. The first kappa shape index (κ1) is 18.0. The second-order valence-electron chi connectivity index (χ2n) is 2.66. The van der Waals surface area contributed by atoms with Crippen molar-refractivity contribution < 1.29 is 32.1 Å². The molecule has 1 radical (unpaired) electrons. The van der Waals surface area contributed by atoms with Gasteiger partial charge in [0.05, 0.1) is 18.9 Å². The van der Waals surface area contributed by atoms with Crippen molar-refractivity contribution in [1.29, 1.82) is 0 Å². The first-order valence-electron chi connectivity index (χ1n) is 4.12. The summed E-state index contributed by atoms with van der Waals surface area (Å²) in [5.74, 6) is 0.766. The number of nitrogens with zero attached hydrogens (tertiary/aromatic N) is 1. The summed E-state index contributed by atoms with van der Waals surface area (Å²) in [7, 11) is 1.52. The van der Waals surface area contributed by atoms with Crippen LogP contribution in [0.5, 0.6) is 11.5 Å². The van der Waals surface area contributed by atoms with Gasteiger partial charge in [0, 0.05) is 0 Å². The van der Waals surface area contributed by atoms with Gasteiger partial charge in [-0.25, -0.2) is 0 Å². The number of thiocarbonyl (C=S) groups is 1. The van der Waals surface area contributed by atoms with Gasteiger partial charge >= 0.3 is 22.5 Å². The van der Waals surface area contributed by atoms with E-state index in [4.69, 9.17) is 15.6 Å². The number of para-hydroxylation sites is 1. The van der Waals surface area contributed by atoms with Crippen LogP contribution in [0.15, 0.2) is 23.3 Å². The van der Waals surface area contributed by atoms with Gasteiger partial charge in [-0.1, -0.05) is 6.07 Å². The Bertz CT molecular complexity index is 401. The van der Waals surface area contributed by atoms with E-state index >= 15 is 0 Å². The minimum absolute atomic E-state index is 0. The van der Waals surface area contributed by atoms with Crippen LogP contribution in [0.25, 0.3) is 0 Å². The van der Waals surface area contributed by atoms with Gasteiger partial charge in [-0.3, -0.25) is 5.43 Å². The molecule has 0 heterocycles. The van der Waals surface area contributed by atoms with E-state index in [-0.39, 0.29) is 33.1 Å². The number of ether oxygens (including phenoxy) is 1. The van der Waals surface area contributed by atoms with Crippen LogP contribution in [-0.2, 0) is 16.8 Å². The summed E-state index contributed by atoms with van der Waals surface area (Å²) in [5, 5.41) is 11.6. The maximum Gasteiger partial charge on any atom is 2.00 e. The van der Waals surface area contributed by atoms with Crippen molar-refractivity contribution in [2.75, 3.05) is 7.11 Å². The zero-order valence-electron chi connectivity index (χ0n) is 8.93. The summed E-state index contributed by atoms with van der Waals surface area (Å²) in [5.41, 5.74) is 8.22. The Morgan fingerprint density at radius 2 is 2.24 bits per heavy atom. The maximum atomic E-state index is 7.72. The molecule has 1 rings (SSSR count). The average molecular weight is 302 g/mol. The second-order valence-corrected chi connectivity index (χ2v) is 3.10. The van der Waals surface area contributed by atoms with Crippen molar-refractivity contribution in [2.24, 2.45) is 10.8 Å². The molecule has 0 aliphatic carbocycles. The molecule has 17 heavy (non-hydrogen) atoms. The molecule has 95 valence electrons. The monoisotopic (exact) mass is 302 g/mol. The van der Waals surface area contributed by atoms with E-state index in [9.17, 15) is 0 Å². The number of hydrogen-bond donors (Lipinski definition) is 2. The normalized spacial score (nSPS) is 9.00. The Morgan fingerprint density at radius 3 is 2.76 bits per heavy atom. The molecule has 1 aromatic rings. The molecule has 0 aliphatic rings. The van der Waals surface area contributed by atoms with Crippen LogP contribution in [0.4, 0.5) is 0 Å². The van der Waals surface area contributed by atoms with E-state index in [1.807, 2.05) is 0 Å². The van der Waals surface area contributed by atoms with Gasteiger partial charge in [-0.15, -0.1) is 0 Å². The van der Waals surface area contributed by atoms with E-state index in [1.54, 1.807) is 18.2 Å². The first-order chi connectivity index (χ1) is 7.15. The van der Waals surface area contributed by atoms with Crippen molar-refractivity contribution in [3.05, 3.63) is 23.8 Å². The second kappa shape index (κ2) is 8.76. The van der Waals surface area contributed by atoms with Crippen molar-refractivity contribution in [1.82, 2.24) is 5.43 Å². The molecule has 1 aromatic carbocycles. The van der Waals surface area contributed by atoms with Gasteiger partial charge in [0.15, 0.2) is 5.11 Å². The number of benzene rings is 1. The van der Waals surface area contributed by atoms with Crippen molar-refractivity contribution in [3.8, 4) is 11.5 Å². The van der Waals surface area contributed by atoms with E-state index in [2.05, 4.69) is 22.7 Å². The van der Waals surface area contributed by atoms with Crippen molar-refractivity contribution in [3.63, 3.8) is 0 Å². The molecule has 6 nitrogen and oxygen atoms in total. The van der Waals surface area contributed by atoms with Crippen LogP contribution in [0.2, 0.25) is 0 Å². The Kier molecular flexibility index (Phi) is 9.29. The number of hydrazone groups is 1. The Hall–Kier alpha value is -1.35. The minimum Gasteiger partial charge on any atom is -0.870 e. The molecule has 0 spiro atoms. The van der Waals surface area contributed by atoms with Crippen molar-refractivity contribution in [2.45, 2.75) is 0 Å². The molecule has 0 atom stereocenters. The zero-order valence-corrected chi connectivity index (χ0v) is 10.8. The van der Waals surface area contributed by atoms with Gasteiger partial charge in [0.1, 0.15) is 0 Å². The third-order valence-corrected chi connectivity index (χ3v) is 1.75. The molecule has 8 heteroatoms. The fourth-order valence-corrected chi connectivity index (χ4v) is 1.04. The SMILES string of the molecule is COc1cccc(C=NNC(N)=S)c1[OH2+].[Co+2].[OH-]. The summed E-state index contributed by atoms with van der Waals surface area (Å²) >= 11 is 4.57. The van der Waals surface area contributed by atoms with Gasteiger partial charge in [0.25, 0.3) is 0 Å². The molecule has 6 N–H and O–H groups in total. The third-order valence-electron chi connectivity index (χ3n) is 1.66. The van der Waals surface area contributed by atoms with E-state index < -0.39 is 0 Å². The minimum atomic E-state index is 0. The van der Waals surface area contributed by atoms with Gasteiger partial charge in [0.2, 0.25) is 5.75 Å². The van der Waals surface area contributed by atoms with E-state index in [0.717, 1.165) is 0 Å². The molecule has 0 saturated heterocycles. The van der Waals surface area contributed by atoms with Crippen LogP contribution < -0.4 is 15.9 Å². The Balaban J connectivity index is 0. The summed E-state index contributed by atoms with van der Waals surface area (Å²) in [4.78, 5) is 0. The first-order valence-corrected chi connectivity index (χ1v) is 4.53. The van der Waals surface area contributed by atoms with Crippen LogP contribution in [0, 0.1) is 0 Å². The fraction of sp³-hybridized carbons (Fsp3) is 0.111. The average Bonchev–Trinajstić information content (AvgIpc) is 2.20. The van der Waals surface area contributed by atoms with Crippen molar-refractivity contribution >= 4 is 23.5 Å². The number of hydrogen-bond acceptors (Lipinski definition) is 4. The molecular formula is C9H13CoN3O3S+2. The Labute approximate surface area is 114 Å². The number of rotatable bonds is 3. The molecule has 0 aromatic heterocycles. The number of nitrogens with one attached hydrogen (secondary N) is 1. The topological polar surface area (TPSA) is 113 Å². The van der Waals surface area contributed by atoms with Gasteiger partial charge in [-0.05, 0) is 24.4 Å². The van der Waals surface area contributed by atoms with E-state index in [1.165, 1.54) is 13.3 Å². The number of methoxy groups -OCH3 is 1. The van der Waals surface area contributed by atoms with E-state index in [0.29, 0.717) is 11.3 Å². The predicted molar refractivity (Wildman–Crippen MR) is 65.5 cm³/mol. The molecule has 0 fully saturated rings. The van der Waals surface area contributed by atoms with Crippen LogP contribution in [0.1, 0.15) is 5.56 Å². The number of nitrogens with two attached hydrogens (primary N) is 1. The molecule has 0 amide bonds. The van der Waals surface area contributed by atoms with Gasteiger partial charge < -0.3 is 21.1 Å². The fourth-order valence-electron chi connectivity index (χ4n) is 0.991. The quantitative estimate of drug-likeness (QED) is 0.356. The smallest absolute Gasteiger partial charge is 0.870 e. The molecule has 0 aliphatic heterocycles. The largest absolute Gasteiger partial charge is 2.00 e. The van der Waals surface area contributed by atoms with Crippen LogP contribution in [0.3, 0.4) is 0 Å². The van der Waals surface area contributed by atoms with Crippen LogP contribution >= 0.6 is 12.2 Å². The standard InChI is InChI=1S/C9H11N3O2S.Co.H2O/c1-14-7-4-2-3-6(8(7)13)5-11-12-9(10)15;;/h2-5,13H,1H3,(H3,10,12,15);;1H2/q;+2;. The zero-order chi connectivity index (χ0) is 11.3.